The highest BCUT2D eigenvalue weighted by Gasteiger charge is 2.25. The third kappa shape index (κ3) is 3.35. The lowest BCUT2D eigenvalue weighted by molar-refractivity contribution is -0.118. The van der Waals surface area contributed by atoms with Gasteiger partial charge in [0.05, 0.1) is 11.4 Å². The fourth-order valence-corrected chi connectivity index (χ4v) is 3.12. The summed E-state index contributed by atoms with van der Waals surface area (Å²) in [5.74, 6) is -0.549. The molecule has 0 unspecified atom stereocenters. The van der Waals surface area contributed by atoms with Crippen LogP contribution in [0.25, 0.3) is 0 Å². The summed E-state index contributed by atoms with van der Waals surface area (Å²) in [6.07, 6.45) is 0.145. The molecule has 2 aromatic rings. The standard InChI is InChI=1S/C18H20FN3O3/c1-12-9-14(23)11-18(25)21(12)6-5-17(24)22-8-7-20(2)16-10-13(19)3-4-15(16)22/h3-4,9-11,23H,5-8H2,1-2H3. The Bertz CT molecular complexity index is 878. The zero-order valence-electron chi connectivity index (χ0n) is 14.2. The van der Waals surface area contributed by atoms with Crippen molar-refractivity contribution in [1.82, 2.24) is 4.57 Å². The number of fused-ring (bicyclic) bond motifs is 1. The molecule has 0 saturated carbocycles. The number of rotatable bonds is 3. The van der Waals surface area contributed by atoms with Crippen LogP contribution in [0.15, 0.2) is 35.1 Å². The van der Waals surface area contributed by atoms with Gasteiger partial charge in [-0.05, 0) is 31.2 Å². The Hall–Kier alpha value is -2.83. The van der Waals surface area contributed by atoms with Crippen molar-refractivity contribution in [1.29, 1.82) is 0 Å². The van der Waals surface area contributed by atoms with Crippen molar-refractivity contribution in [2.45, 2.75) is 19.9 Å². The van der Waals surface area contributed by atoms with E-state index >= 15 is 0 Å². The molecule has 0 saturated heterocycles. The van der Waals surface area contributed by atoms with Crippen molar-refractivity contribution in [3.63, 3.8) is 0 Å². The molecule has 1 aliphatic heterocycles. The van der Waals surface area contributed by atoms with E-state index in [1.165, 1.54) is 22.8 Å². The van der Waals surface area contributed by atoms with Crippen molar-refractivity contribution >= 4 is 17.3 Å². The molecule has 0 spiro atoms. The van der Waals surface area contributed by atoms with Gasteiger partial charge in [0.15, 0.2) is 0 Å². The maximum atomic E-state index is 13.5. The first-order valence-electron chi connectivity index (χ1n) is 8.08. The lowest BCUT2D eigenvalue weighted by Gasteiger charge is -2.35. The first-order chi connectivity index (χ1) is 11.9. The van der Waals surface area contributed by atoms with Crippen molar-refractivity contribution in [3.8, 4) is 5.75 Å². The Morgan fingerprint density at radius 1 is 1.20 bits per heavy atom. The Morgan fingerprint density at radius 2 is 1.96 bits per heavy atom. The molecule has 1 aromatic heterocycles. The molecule has 3 rings (SSSR count). The van der Waals surface area contributed by atoms with Gasteiger partial charge >= 0.3 is 0 Å². The van der Waals surface area contributed by atoms with Crippen LogP contribution in [0, 0.1) is 12.7 Å². The Morgan fingerprint density at radius 3 is 2.68 bits per heavy atom. The smallest absolute Gasteiger partial charge is 0.254 e. The fourth-order valence-electron chi connectivity index (χ4n) is 3.12. The number of aromatic hydroxyl groups is 1. The average Bonchev–Trinajstić information content (AvgIpc) is 2.54. The molecule has 1 amide bonds. The fraction of sp³-hybridized carbons (Fsp3) is 0.333. The van der Waals surface area contributed by atoms with Crippen LogP contribution in [-0.4, -0.2) is 35.7 Å². The molecule has 1 aliphatic rings. The first kappa shape index (κ1) is 17.0. The van der Waals surface area contributed by atoms with E-state index in [2.05, 4.69) is 0 Å². The molecule has 132 valence electrons. The van der Waals surface area contributed by atoms with Crippen LogP contribution >= 0.6 is 0 Å². The Labute approximate surface area is 144 Å². The van der Waals surface area contributed by atoms with Gasteiger partial charge in [-0.3, -0.25) is 9.59 Å². The quantitative estimate of drug-likeness (QED) is 0.922. The summed E-state index contributed by atoms with van der Waals surface area (Å²) in [6.45, 7) is 3.06. The molecule has 7 heteroatoms. The molecule has 0 atom stereocenters. The van der Waals surface area contributed by atoms with Crippen LogP contribution in [0.3, 0.4) is 0 Å². The van der Waals surface area contributed by atoms with E-state index < -0.39 is 0 Å². The first-order valence-corrected chi connectivity index (χ1v) is 8.08. The minimum atomic E-state index is -0.342. The van der Waals surface area contributed by atoms with Gasteiger partial charge in [-0.15, -0.1) is 0 Å². The van der Waals surface area contributed by atoms with E-state index in [4.69, 9.17) is 0 Å². The normalized spacial score (nSPS) is 13.7. The zero-order valence-corrected chi connectivity index (χ0v) is 14.2. The number of aryl methyl sites for hydroxylation is 1. The summed E-state index contributed by atoms with van der Waals surface area (Å²) in [7, 11) is 1.86. The second-order valence-electron chi connectivity index (χ2n) is 6.19. The highest BCUT2D eigenvalue weighted by molar-refractivity contribution is 5.97. The van der Waals surface area contributed by atoms with Gasteiger partial charge in [-0.25, -0.2) is 4.39 Å². The number of halogens is 1. The number of likely N-dealkylation sites (N-methyl/N-ethyl adjacent to an activating group) is 1. The van der Waals surface area contributed by atoms with E-state index in [0.29, 0.717) is 30.2 Å². The number of amides is 1. The molecule has 1 N–H and O–H groups in total. The highest BCUT2D eigenvalue weighted by atomic mass is 19.1. The summed E-state index contributed by atoms with van der Waals surface area (Å²) >= 11 is 0. The van der Waals surface area contributed by atoms with E-state index in [1.54, 1.807) is 17.9 Å². The van der Waals surface area contributed by atoms with Gasteiger partial charge in [0.25, 0.3) is 5.56 Å². The van der Waals surface area contributed by atoms with Crippen LogP contribution in [0.2, 0.25) is 0 Å². The van der Waals surface area contributed by atoms with Gasteiger partial charge in [0.1, 0.15) is 11.6 Å². The van der Waals surface area contributed by atoms with Crippen molar-refractivity contribution in [2.24, 2.45) is 0 Å². The predicted octanol–water partition coefficient (Wildman–Crippen LogP) is 1.87. The maximum Gasteiger partial charge on any atom is 0.254 e. The average molecular weight is 345 g/mol. The van der Waals surface area contributed by atoms with E-state index in [0.717, 1.165) is 6.07 Å². The molecular weight excluding hydrogens is 325 g/mol. The summed E-state index contributed by atoms with van der Waals surface area (Å²) in [5.41, 5.74) is 1.61. The molecule has 25 heavy (non-hydrogen) atoms. The van der Waals surface area contributed by atoms with Crippen LogP contribution in [0.1, 0.15) is 12.1 Å². The molecule has 0 radical (unpaired) electrons. The number of carbonyl (C=O) groups is 1. The largest absolute Gasteiger partial charge is 0.508 e. The molecule has 1 aromatic carbocycles. The zero-order chi connectivity index (χ0) is 18.1. The van der Waals surface area contributed by atoms with Crippen LogP contribution in [-0.2, 0) is 11.3 Å². The van der Waals surface area contributed by atoms with Gasteiger partial charge in [-0.1, -0.05) is 0 Å². The van der Waals surface area contributed by atoms with Crippen LogP contribution in [0.5, 0.6) is 5.75 Å². The number of carbonyl (C=O) groups excluding carboxylic acids is 1. The molecule has 0 fully saturated rings. The third-order valence-corrected chi connectivity index (χ3v) is 4.47. The third-order valence-electron chi connectivity index (χ3n) is 4.47. The second-order valence-corrected chi connectivity index (χ2v) is 6.19. The van der Waals surface area contributed by atoms with E-state index in [-0.39, 0.29) is 36.0 Å². The number of aromatic nitrogens is 1. The minimum absolute atomic E-state index is 0.0832. The van der Waals surface area contributed by atoms with Crippen molar-refractivity contribution in [3.05, 3.63) is 52.2 Å². The van der Waals surface area contributed by atoms with E-state index in [9.17, 15) is 19.1 Å². The molecule has 6 nitrogen and oxygen atoms in total. The number of nitrogens with zero attached hydrogens (tertiary/aromatic N) is 3. The molecule has 0 bridgehead atoms. The number of benzene rings is 1. The van der Waals surface area contributed by atoms with Gasteiger partial charge < -0.3 is 19.5 Å². The monoisotopic (exact) mass is 345 g/mol. The van der Waals surface area contributed by atoms with Crippen LogP contribution in [0.4, 0.5) is 15.8 Å². The lowest BCUT2D eigenvalue weighted by atomic mass is 10.1. The van der Waals surface area contributed by atoms with Gasteiger partial charge in [-0.2, -0.15) is 0 Å². The van der Waals surface area contributed by atoms with Crippen LogP contribution < -0.4 is 15.4 Å². The molecular formula is C18H20FN3O3. The Balaban J connectivity index is 1.79. The van der Waals surface area contributed by atoms with Gasteiger partial charge in [0, 0.05) is 44.9 Å². The lowest BCUT2D eigenvalue weighted by Crippen LogP contribution is -2.43. The second kappa shape index (κ2) is 6.58. The van der Waals surface area contributed by atoms with Gasteiger partial charge in [0.2, 0.25) is 5.91 Å². The highest BCUT2D eigenvalue weighted by Crippen LogP contribution is 2.33. The van der Waals surface area contributed by atoms with Crippen molar-refractivity contribution < 1.29 is 14.3 Å². The Kier molecular flexibility index (Phi) is 4.48. The molecule has 2 heterocycles. The maximum absolute atomic E-state index is 13.5. The minimum Gasteiger partial charge on any atom is -0.508 e. The topological polar surface area (TPSA) is 65.8 Å². The SMILES string of the molecule is Cc1cc(O)cc(=O)n1CCC(=O)N1CCN(C)c2cc(F)ccc21. The number of hydrogen-bond acceptors (Lipinski definition) is 4. The predicted molar refractivity (Wildman–Crippen MR) is 93.7 cm³/mol. The summed E-state index contributed by atoms with van der Waals surface area (Å²) in [6, 6.07) is 6.98. The molecule has 0 aliphatic carbocycles. The van der Waals surface area contributed by atoms with Crippen molar-refractivity contribution in [2.75, 3.05) is 29.9 Å². The van der Waals surface area contributed by atoms with E-state index in [1.807, 2.05) is 11.9 Å². The summed E-state index contributed by atoms with van der Waals surface area (Å²) in [4.78, 5) is 28.2. The summed E-state index contributed by atoms with van der Waals surface area (Å²) < 4.78 is 15.0. The summed E-state index contributed by atoms with van der Waals surface area (Å²) in [5, 5.41) is 9.43. The number of hydrogen-bond donors (Lipinski definition) is 1. The number of pyridine rings is 1. The number of anilines is 2.